The van der Waals surface area contributed by atoms with Gasteiger partial charge in [-0.2, -0.15) is 0 Å². The van der Waals surface area contributed by atoms with Crippen LogP contribution in [0.3, 0.4) is 0 Å². The predicted molar refractivity (Wildman–Crippen MR) is 96.2 cm³/mol. The molecular formula is C17H17N3OS2. The number of amides is 1. The van der Waals surface area contributed by atoms with Crippen LogP contribution in [0.1, 0.15) is 20.6 Å². The molecule has 0 spiro atoms. The summed E-state index contributed by atoms with van der Waals surface area (Å²) in [5, 5.41) is 7.01. The standard InChI is InChI=1S/C17H17N3OS2/c1-10-16(23-12(3)18-10)8-17(21)20-14-6-4-5-13(7-14)15-9-22-11(2)19-15/h4-7,9H,8H2,1-3H3,(H,20,21). The van der Waals surface area contributed by atoms with Crippen LogP contribution in [-0.4, -0.2) is 15.9 Å². The molecule has 4 nitrogen and oxygen atoms in total. The molecule has 0 saturated carbocycles. The monoisotopic (exact) mass is 343 g/mol. The molecule has 0 radical (unpaired) electrons. The van der Waals surface area contributed by atoms with Crippen LogP contribution in [0.4, 0.5) is 5.69 Å². The van der Waals surface area contributed by atoms with Gasteiger partial charge in [0.15, 0.2) is 0 Å². The fourth-order valence-electron chi connectivity index (χ4n) is 2.34. The Balaban J connectivity index is 1.72. The van der Waals surface area contributed by atoms with E-state index in [-0.39, 0.29) is 5.91 Å². The van der Waals surface area contributed by atoms with Gasteiger partial charge in [-0.1, -0.05) is 12.1 Å². The number of carbonyl (C=O) groups is 1. The molecule has 1 N–H and O–H groups in total. The Hall–Kier alpha value is -2.05. The molecular weight excluding hydrogens is 326 g/mol. The second-order valence-corrected chi connectivity index (χ2v) is 7.65. The number of rotatable bonds is 4. The molecule has 1 aromatic carbocycles. The molecule has 0 aliphatic rings. The number of nitrogens with zero attached hydrogens (tertiary/aromatic N) is 2. The highest BCUT2D eigenvalue weighted by atomic mass is 32.1. The lowest BCUT2D eigenvalue weighted by atomic mass is 10.1. The van der Waals surface area contributed by atoms with E-state index in [1.165, 1.54) is 0 Å². The summed E-state index contributed by atoms with van der Waals surface area (Å²) in [5.41, 5.74) is 3.68. The van der Waals surface area contributed by atoms with Gasteiger partial charge in [0, 0.05) is 21.5 Å². The van der Waals surface area contributed by atoms with E-state index < -0.39 is 0 Å². The van der Waals surface area contributed by atoms with Gasteiger partial charge < -0.3 is 5.32 Å². The van der Waals surface area contributed by atoms with Gasteiger partial charge in [-0.3, -0.25) is 4.79 Å². The maximum atomic E-state index is 12.2. The SMILES string of the molecule is Cc1nc(-c2cccc(NC(=O)Cc3sc(C)nc3C)c2)cs1. The lowest BCUT2D eigenvalue weighted by Gasteiger charge is -2.06. The maximum absolute atomic E-state index is 12.2. The van der Waals surface area contributed by atoms with Crippen molar-refractivity contribution in [2.24, 2.45) is 0 Å². The summed E-state index contributed by atoms with van der Waals surface area (Å²) in [6.45, 7) is 5.88. The van der Waals surface area contributed by atoms with Gasteiger partial charge in [-0.15, -0.1) is 22.7 Å². The molecule has 0 bridgehead atoms. The Labute approximate surface area is 143 Å². The minimum absolute atomic E-state index is 0.0247. The number of aryl methyl sites for hydroxylation is 3. The largest absolute Gasteiger partial charge is 0.326 e. The van der Waals surface area contributed by atoms with Gasteiger partial charge >= 0.3 is 0 Å². The van der Waals surface area contributed by atoms with Crippen molar-refractivity contribution in [2.45, 2.75) is 27.2 Å². The highest BCUT2D eigenvalue weighted by Gasteiger charge is 2.11. The molecule has 23 heavy (non-hydrogen) atoms. The summed E-state index contributed by atoms with van der Waals surface area (Å²) in [6.07, 6.45) is 0.359. The predicted octanol–water partition coefficient (Wildman–Crippen LogP) is 4.37. The van der Waals surface area contributed by atoms with E-state index in [4.69, 9.17) is 0 Å². The summed E-state index contributed by atoms with van der Waals surface area (Å²) in [6, 6.07) is 7.78. The summed E-state index contributed by atoms with van der Waals surface area (Å²) in [7, 11) is 0. The first kappa shape index (κ1) is 15.8. The molecule has 118 valence electrons. The highest BCUT2D eigenvalue weighted by Crippen LogP contribution is 2.24. The number of carbonyl (C=O) groups excluding carboxylic acids is 1. The third-order valence-electron chi connectivity index (χ3n) is 3.38. The first-order chi connectivity index (χ1) is 11.0. The number of hydrogen-bond acceptors (Lipinski definition) is 5. The quantitative estimate of drug-likeness (QED) is 0.765. The maximum Gasteiger partial charge on any atom is 0.229 e. The second kappa shape index (κ2) is 6.60. The van der Waals surface area contributed by atoms with Gasteiger partial charge in [-0.25, -0.2) is 9.97 Å². The zero-order valence-corrected chi connectivity index (χ0v) is 14.8. The summed E-state index contributed by atoms with van der Waals surface area (Å²) in [4.78, 5) is 22.1. The van der Waals surface area contributed by atoms with Crippen molar-refractivity contribution in [1.29, 1.82) is 0 Å². The minimum Gasteiger partial charge on any atom is -0.326 e. The summed E-state index contributed by atoms with van der Waals surface area (Å²) >= 11 is 3.20. The molecule has 3 rings (SSSR count). The third kappa shape index (κ3) is 3.83. The Bertz CT molecular complexity index is 851. The van der Waals surface area contributed by atoms with Crippen molar-refractivity contribution in [2.75, 3.05) is 5.32 Å². The third-order valence-corrected chi connectivity index (χ3v) is 5.23. The van der Waals surface area contributed by atoms with Crippen molar-refractivity contribution >= 4 is 34.3 Å². The molecule has 0 aliphatic heterocycles. The minimum atomic E-state index is -0.0247. The average molecular weight is 343 g/mol. The Morgan fingerprint density at radius 3 is 2.65 bits per heavy atom. The van der Waals surface area contributed by atoms with Crippen LogP contribution in [0.2, 0.25) is 0 Å². The van der Waals surface area contributed by atoms with Crippen molar-refractivity contribution in [1.82, 2.24) is 9.97 Å². The van der Waals surface area contributed by atoms with Crippen molar-refractivity contribution in [3.8, 4) is 11.3 Å². The van der Waals surface area contributed by atoms with Gasteiger partial charge in [0.2, 0.25) is 5.91 Å². The number of thiazole rings is 2. The molecule has 2 aromatic heterocycles. The summed E-state index contributed by atoms with van der Waals surface area (Å²) in [5.74, 6) is -0.0247. The van der Waals surface area contributed by atoms with Crippen LogP contribution in [0, 0.1) is 20.8 Å². The number of aromatic nitrogens is 2. The molecule has 0 saturated heterocycles. The second-order valence-electron chi connectivity index (χ2n) is 5.30. The fraction of sp³-hybridized carbons (Fsp3) is 0.235. The fourth-order valence-corrected chi connectivity index (χ4v) is 3.90. The van der Waals surface area contributed by atoms with Crippen LogP contribution in [0.25, 0.3) is 11.3 Å². The van der Waals surface area contributed by atoms with E-state index in [1.54, 1.807) is 22.7 Å². The van der Waals surface area contributed by atoms with Crippen LogP contribution >= 0.6 is 22.7 Å². The van der Waals surface area contributed by atoms with E-state index in [2.05, 4.69) is 15.3 Å². The molecule has 3 aromatic rings. The first-order valence-electron chi connectivity index (χ1n) is 7.26. The topological polar surface area (TPSA) is 54.9 Å². The Morgan fingerprint density at radius 2 is 2.00 bits per heavy atom. The Morgan fingerprint density at radius 1 is 1.17 bits per heavy atom. The van der Waals surface area contributed by atoms with Gasteiger partial charge in [0.1, 0.15) is 0 Å². The van der Waals surface area contributed by atoms with E-state index in [1.807, 2.05) is 50.4 Å². The number of nitrogens with one attached hydrogen (secondary N) is 1. The van der Waals surface area contributed by atoms with E-state index in [0.29, 0.717) is 6.42 Å². The van der Waals surface area contributed by atoms with E-state index >= 15 is 0 Å². The molecule has 0 unspecified atom stereocenters. The smallest absolute Gasteiger partial charge is 0.229 e. The Kier molecular flexibility index (Phi) is 4.54. The lowest BCUT2D eigenvalue weighted by Crippen LogP contribution is -2.14. The van der Waals surface area contributed by atoms with Crippen molar-refractivity contribution in [3.05, 3.63) is 50.2 Å². The zero-order chi connectivity index (χ0) is 16.4. The zero-order valence-electron chi connectivity index (χ0n) is 13.2. The van der Waals surface area contributed by atoms with Crippen LogP contribution < -0.4 is 5.32 Å². The molecule has 6 heteroatoms. The molecule has 1 amide bonds. The van der Waals surface area contributed by atoms with Crippen LogP contribution in [0.15, 0.2) is 29.6 Å². The normalized spacial score (nSPS) is 10.7. The average Bonchev–Trinajstić information content (AvgIpc) is 3.05. The highest BCUT2D eigenvalue weighted by molar-refractivity contribution is 7.11. The molecule has 0 fully saturated rings. The molecule has 2 heterocycles. The van der Waals surface area contributed by atoms with Gasteiger partial charge in [-0.05, 0) is 32.9 Å². The van der Waals surface area contributed by atoms with Crippen LogP contribution in [0.5, 0.6) is 0 Å². The number of hydrogen-bond donors (Lipinski definition) is 1. The first-order valence-corrected chi connectivity index (χ1v) is 8.96. The molecule has 0 atom stereocenters. The number of anilines is 1. The number of benzene rings is 1. The molecule has 0 aliphatic carbocycles. The van der Waals surface area contributed by atoms with Crippen molar-refractivity contribution < 1.29 is 4.79 Å². The van der Waals surface area contributed by atoms with Gasteiger partial charge in [0.25, 0.3) is 0 Å². The van der Waals surface area contributed by atoms with Gasteiger partial charge in [0.05, 0.1) is 27.8 Å². The van der Waals surface area contributed by atoms with Crippen molar-refractivity contribution in [3.63, 3.8) is 0 Å². The van der Waals surface area contributed by atoms with E-state index in [9.17, 15) is 4.79 Å². The van der Waals surface area contributed by atoms with E-state index in [0.717, 1.165) is 37.5 Å². The van der Waals surface area contributed by atoms with Crippen LogP contribution in [-0.2, 0) is 11.2 Å². The summed E-state index contributed by atoms with van der Waals surface area (Å²) < 4.78 is 0. The lowest BCUT2D eigenvalue weighted by molar-refractivity contribution is -0.115.